The Balaban J connectivity index is 2.14. The van der Waals surface area contributed by atoms with E-state index in [9.17, 15) is 0 Å². The first kappa shape index (κ1) is 14.4. The van der Waals surface area contributed by atoms with Gasteiger partial charge in [0, 0.05) is 16.8 Å². The van der Waals surface area contributed by atoms with Gasteiger partial charge in [-0.3, -0.25) is 0 Å². The molecule has 0 aliphatic carbocycles. The first-order valence-corrected chi connectivity index (χ1v) is 7.53. The van der Waals surface area contributed by atoms with Crippen molar-refractivity contribution in [1.82, 2.24) is 0 Å². The zero-order valence-corrected chi connectivity index (χ0v) is 12.6. The third-order valence-corrected chi connectivity index (χ3v) is 4.03. The smallest absolute Gasteiger partial charge is 0.0408 e. The van der Waals surface area contributed by atoms with Gasteiger partial charge in [0.1, 0.15) is 0 Å². The predicted molar refractivity (Wildman–Crippen MR) is 84.4 cm³/mol. The SMILES string of the molecule is CCc1ccc(CC(CCl)c2cccc(Cl)c2)cc1. The van der Waals surface area contributed by atoms with Gasteiger partial charge in [0.25, 0.3) is 0 Å². The van der Waals surface area contributed by atoms with E-state index in [0.717, 1.165) is 17.9 Å². The summed E-state index contributed by atoms with van der Waals surface area (Å²) in [4.78, 5) is 0. The van der Waals surface area contributed by atoms with Crippen LogP contribution in [-0.4, -0.2) is 5.88 Å². The maximum Gasteiger partial charge on any atom is 0.0408 e. The summed E-state index contributed by atoms with van der Waals surface area (Å²) in [5, 5.41) is 0.772. The number of aryl methyl sites for hydroxylation is 1. The normalized spacial score (nSPS) is 12.4. The minimum atomic E-state index is 0.313. The van der Waals surface area contributed by atoms with Crippen LogP contribution in [0.4, 0.5) is 0 Å². The molecule has 2 aromatic rings. The molecule has 0 aliphatic heterocycles. The molecule has 0 N–H and O–H groups in total. The molecule has 0 fully saturated rings. The second-order valence-corrected chi connectivity index (χ2v) is 5.53. The summed E-state index contributed by atoms with van der Waals surface area (Å²) in [6, 6.07) is 16.8. The van der Waals surface area contributed by atoms with Crippen molar-refractivity contribution in [2.45, 2.75) is 25.7 Å². The average Bonchev–Trinajstić information content (AvgIpc) is 2.45. The summed E-state index contributed by atoms with van der Waals surface area (Å²) in [7, 11) is 0. The van der Waals surface area contributed by atoms with Crippen molar-refractivity contribution in [2.75, 3.05) is 5.88 Å². The van der Waals surface area contributed by atoms with Crippen molar-refractivity contribution in [3.05, 3.63) is 70.2 Å². The molecule has 0 spiro atoms. The largest absolute Gasteiger partial charge is 0.126 e. The van der Waals surface area contributed by atoms with E-state index in [0.29, 0.717) is 11.8 Å². The molecule has 0 bridgehead atoms. The number of hydrogen-bond donors (Lipinski definition) is 0. The van der Waals surface area contributed by atoms with Crippen molar-refractivity contribution in [1.29, 1.82) is 0 Å². The highest BCUT2D eigenvalue weighted by Crippen LogP contribution is 2.25. The Labute approximate surface area is 125 Å². The summed E-state index contributed by atoms with van der Waals surface area (Å²) in [6.45, 7) is 2.17. The van der Waals surface area contributed by atoms with Gasteiger partial charge in [-0.05, 0) is 41.7 Å². The van der Waals surface area contributed by atoms with Crippen LogP contribution in [0.3, 0.4) is 0 Å². The van der Waals surface area contributed by atoms with E-state index >= 15 is 0 Å². The number of rotatable bonds is 5. The fourth-order valence-electron chi connectivity index (χ4n) is 2.22. The minimum absolute atomic E-state index is 0.313. The average molecular weight is 293 g/mol. The number of hydrogen-bond acceptors (Lipinski definition) is 0. The molecule has 0 saturated carbocycles. The number of alkyl halides is 1. The Hall–Kier alpha value is -0.980. The molecule has 1 atom stereocenters. The minimum Gasteiger partial charge on any atom is -0.126 e. The van der Waals surface area contributed by atoms with Gasteiger partial charge >= 0.3 is 0 Å². The van der Waals surface area contributed by atoms with Gasteiger partial charge in [0.2, 0.25) is 0 Å². The van der Waals surface area contributed by atoms with Crippen LogP contribution >= 0.6 is 23.2 Å². The van der Waals surface area contributed by atoms with Gasteiger partial charge in [-0.25, -0.2) is 0 Å². The Morgan fingerprint density at radius 1 is 1.00 bits per heavy atom. The van der Waals surface area contributed by atoms with Gasteiger partial charge in [0.05, 0.1) is 0 Å². The zero-order chi connectivity index (χ0) is 13.7. The lowest BCUT2D eigenvalue weighted by atomic mass is 9.93. The molecule has 0 aromatic heterocycles. The summed E-state index contributed by atoms with van der Waals surface area (Å²) < 4.78 is 0. The summed E-state index contributed by atoms with van der Waals surface area (Å²) in [5.41, 5.74) is 3.90. The van der Waals surface area contributed by atoms with Crippen molar-refractivity contribution in [2.24, 2.45) is 0 Å². The molecule has 0 aliphatic rings. The molecule has 2 aromatic carbocycles. The van der Waals surface area contributed by atoms with Gasteiger partial charge < -0.3 is 0 Å². The van der Waals surface area contributed by atoms with E-state index in [1.165, 1.54) is 16.7 Å². The first-order valence-electron chi connectivity index (χ1n) is 6.62. The van der Waals surface area contributed by atoms with E-state index in [-0.39, 0.29) is 0 Å². The Morgan fingerprint density at radius 2 is 1.68 bits per heavy atom. The molecule has 0 radical (unpaired) electrons. The standard InChI is InChI=1S/C17H18Cl2/c1-2-13-6-8-14(9-7-13)10-16(12-18)15-4-3-5-17(19)11-15/h3-9,11,16H,2,10,12H2,1H3. The summed E-state index contributed by atoms with van der Waals surface area (Å²) in [6.07, 6.45) is 2.03. The van der Waals surface area contributed by atoms with Crippen molar-refractivity contribution in [3.63, 3.8) is 0 Å². The second kappa shape index (κ2) is 6.98. The zero-order valence-electron chi connectivity index (χ0n) is 11.1. The van der Waals surface area contributed by atoms with Crippen molar-refractivity contribution in [3.8, 4) is 0 Å². The van der Waals surface area contributed by atoms with Gasteiger partial charge in [0.15, 0.2) is 0 Å². The number of halogens is 2. The lowest BCUT2D eigenvalue weighted by molar-refractivity contribution is 0.766. The second-order valence-electron chi connectivity index (χ2n) is 4.78. The third kappa shape index (κ3) is 3.99. The van der Waals surface area contributed by atoms with Crippen LogP contribution in [-0.2, 0) is 12.8 Å². The van der Waals surface area contributed by atoms with Crippen molar-refractivity contribution < 1.29 is 0 Å². The van der Waals surface area contributed by atoms with E-state index in [2.05, 4.69) is 37.3 Å². The lowest BCUT2D eigenvalue weighted by Crippen LogP contribution is -2.04. The maximum absolute atomic E-state index is 6.12. The molecule has 100 valence electrons. The van der Waals surface area contributed by atoms with Gasteiger partial charge in [-0.15, -0.1) is 11.6 Å². The van der Waals surface area contributed by atoms with Gasteiger partial charge in [-0.1, -0.05) is 54.9 Å². The van der Waals surface area contributed by atoms with Crippen LogP contribution in [0.25, 0.3) is 0 Å². The van der Waals surface area contributed by atoms with E-state index in [1.807, 2.05) is 18.2 Å². The molecule has 0 saturated heterocycles. The van der Waals surface area contributed by atoms with Crippen LogP contribution < -0.4 is 0 Å². The van der Waals surface area contributed by atoms with E-state index in [1.54, 1.807) is 0 Å². The van der Waals surface area contributed by atoms with Crippen LogP contribution in [0, 0.1) is 0 Å². The maximum atomic E-state index is 6.12. The molecule has 0 nitrogen and oxygen atoms in total. The number of benzene rings is 2. The summed E-state index contributed by atoms with van der Waals surface area (Å²) in [5.74, 6) is 0.920. The topological polar surface area (TPSA) is 0 Å². The highest BCUT2D eigenvalue weighted by Gasteiger charge is 2.11. The Kier molecular flexibility index (Phi) is 5.30. The molecule has 1 unspecified atom stereocenters. The van der Waals surface area contributed by atoms with Gasteiger partial charge in [-0.2, -0.15) is 0 Å². The molecule has 2 rings (SSSR count). The highest BCUT2D eigenvalue weighted by atomic mass is 35.5. The Morgan fingerprint density at radius 3 is 2.26 bits per heavy atom. The fourth-order valence-corrected chi connectivity index (χ4v) is 2.70. The monoisotopic (exact) mass is 292 g/mol. The lowest BCUT2D eigenvalue weighted by Gasteiger charge is -2.15. The first-order chi connectivity index (χ1) is 9.22. The van der Waals surface area contributed by atoms with Crippen LogP contribution in [0.15, 0.2) is 48.5 Å². The highest BCUT2D eigenvalue weighted by molar-refractivity contribution is 6.30. The molecule has 19 heavy (non-hydrogen) atoms. The Bertz CT molecular complexity index is 517. The molecule has 0 heterocycles. The quantitative estimate of drug-likeness (QED) is 0.641. The third-order valence-electron chi connectivity index (χ3n) is 3.42. The van der Waals surface area contributed by atoms with Crippen LogP contribution in [0.2, 0.25) is 5.02 Å². The summed E-state index contributed by atoms with van der Waals surface area (Å²) >= 11 is 12.2. The van der Waals surface area contributed by atoms with Crippen LogP contribution in [0.1, 0.15) is 29.5 Å². The van der Waals surface area contributed by atoms with E-state index < -0.39 is 0 Å². The molecular weight excluding hydrogens is 275 g/mol. The predicted octanol–water partition coefficient (Wildman–Crippen LogP) is 5.47. The molecular formula is C17H18Cl2. The fraction of sp³-hybridized carbons (Fsp3) is 0.294. The molecule has 0 amide bonds. The van der Waals surface area contributed by atoms with Crippen LogP contribution in [0.5, 0.6) is 0 Å². The van der Waals surface area contributed by atoms with Crippen molar-refractivity contribution >= 4 is 23.2 Å². The molecule has 2 heteroatoms. The van der Waals surface area contributed by atoms with E-state index in [4.69, 9.17) is 23.2 Å².